The molecule has 0 bridgehead atoms. The predicted molar refractivity (Wildman–Crippen MR) is 159 cm³/mol. The molecule has 0 saturated heterocycles. The minimum Gasteiger partial charge on any atom is -0.496 e. The van der Waals surface area contributed by atoms with Crippen LogP contribution in [0, 0.1) is 6.92 Å². The molecule has 212 valence electrons. The summed E-state index contributed by atoms with van der Waals surface area (Å²) in [5.41, 5.74) is 3.52. The van der Waals surface area contributed by atoms with Gasteiger partial charge >= 0.3 is 11.3 Å². The monoisotopic (exact) mass is 555 g/mol. The average molecular weight is 556 g/mol. The first-order chi connectivity index (χ1) is 19.5. The highest BCUT2D eigenvalue weighted by Gasteiger charge is 2.39. The number of methoxy groups -OCH3 is 2. The van der Waals surface area contributed by atoms with Gasteiger partial charge in [-0.1, -0.05) is 20.8 Å². The number of hydrogen-bond acceptors (Lipinski definition) is 8. The van der Waals surface area contributed by atoms with Crippen molar-refractivity contribution in [1.82, 2.24) is 0 Å². The highest BCUT2D eigenvalue weighted by Crippen LogP contribution is 2.50. The smallest absolute Gasteiger partial charge is 0.347 e. The second kappa shape index (κ2) is 9.65. The molecule has 2 aromatic carbocycles. The quantitative estimate of drug-likeness (QED) is 0.165. The molecule has 4 aromatic rings. The van der Waals surface area contributed by atoms with Crippen LogP contribution in [-0.4, -0.2) is 33.1 Å². The molecule has 2 aromatic heterocycles. The van der Waals surface area contributed by atoms with E-state index in [9.17, 15) is 14.4 Å². The number of ketones is 1. The van der Waals surface area contributed by atoms with Crippen LogP contribution in [0.1, 0.15) is 72.1 Å². The Hall–Kier alpha value is -4.33. The van der Waals surface area contributed by atoms with E-state index in [2.05, 4.69) is 31.7 Å². The van der Waals surface area contributed by atoms with Crippen LogP contribution < -0.4 is 25.6 Å². The van der Waals surface area contributed by atoms with Crippen molar-refractivity contribution in [2.45, 2.75) is 51.9 Å². The summed E-state index contributed by atoms with van der Waals surface area (Å²) < 4.78 is 22.1. The molecular formula is C33H33NO7. The molecule has 41 heavy (non-hydrogen) atoms. The third kappa shape index (κ3) is 4.24. The molecule has 2 aliphatic heterocycles. The Kier molecular flexibility index (Phi) is 6.32. The first-order valence-electron chi connectivity index (χ1n) is 13.9. The second-order valence-corrected chi connectivity index (χ2v) is 11.7. The minimum atomic E-state index is -0.683. The fraction of sp³-hybridized carbons (Fsp3) is 0.364. The maximum absolute atomic E-state index is 13.5. The van der Waals surface area contributed by atoms with Crippen LogP contribution in [0.15, 0.2) is 48.8 Å². The molecule has 0 radical (unpaired) electrons. The molecular weight excluding hydrogens is 522 g/mol. The molecule has 8 heteroatoms. The number of benzene rings is 2. The lowest BCUT2D eigenvalue weighted by atomic mass is 9.72. The fourth-order valence-corrected chi connectivity index (χ4v) is 6.33. The van der Waals surface area contributed by atoms with E-state index in [1.54, 1.807) is 25.1 Å². The van der Waals surface area contributed by atoms with E-state index < -0.39 is 17.0 Å². The molecule has 0 aliphatic carbocycles. The Morgan fingerprint density at radius 3 is 2.54 bits per heavy atom. The molecule has 6 rings (SSSR count). The molecule has 0 N–H and O–H groups in total. The summed E-state index contributed by atoms with van der Waals surface area (Å²) in [6.07, 6.45) is 4.58. The Morgan fingerprint density at radius 2 is 1.80 bits per heavy atom. The van der Waals surface area contributed by atoms with E-state index in [1.165, 1.54) is 37.6 Å². The summed E-state index contributed by atoms with van der Waals surface area (Å²) in [6, 6.07) is 6.96. The average Bonchev–Trinajstić information content (AvgIpc) is 2.94. The third-order valence-corrected chi connectivity index (χ3v) is 8.75. The molecule has 1 atom stereocenters. The fourth-order valence-electron chi connectivity index (χ4n) is 6.33. The van der Waals surface area contributed by atoms with Gasteiger partial charge in [-0.2, -0.15) is 0 Å². The van der Waals surface area contributed by atoms with Crippen molar-refractivity contribution in [2.24, 2.45) is 0 Å². The number of allylic oxidation sites excluding steroid dienone is 1. The lowest BCUT2D eigenvalue weighted by Crippen LogP contribution is -2.41. The number of aryl methyl sites for hydroxylation is 1. The summed E-state index contributed by atoms with van der Waals surface area (Å²) in [6.45, 7) is 10.4. The van der Waals surface area contributed by atoms with E-state index in [-0.39, 0.29) is 16.5 Å². The lowest BCUT2D eigenvalue weighted by Gasteiger charge is -2.45. The summed E-state index contributed by atoms with van der Waals surface area (Å²) in [7, 11) is 3.01. The zero-order chi connectivity index (χ0) is 29.2. The number of nitrogens with zero attached hydrogens (tertiary/aromatic N) is 1. The molecule has 1 unspecified atom stereocenters. The van der Waals surface area contributed by atoms with E-state index >= 15 is 0 Å². The topological polar surface area (TPSA) is 99.2 Å². The van der Waals surface area contributed by atoms with Crippen LogP contribution in [0.3, 0.4) is 0 Å². The van der Waals surface area contributed by atoms with Gasteiger partial charge in [-0.3, -0.25) is 4.79 Å². The Labute approximate surface area is 237 Å². The van der Waals surface area contributed by atoms with Crippen LogP contribution in [0.2, 0.25) is 0 Å². The van der Waals surface area contributed by atoms with Gasteiger partial charge in [-0.05, 0) is 66.5 Å². The van der Waals surface area contributed by atoms with Gasteiger partial charge in [0.15, 0.2) is 5.78 Å². The van der Waals surface area contributed by atoms with Gasteiger partial charge in [-0.15, -0.1) is 0 Å². The van der Waals surface area contributed by atoms with Crippen molar-refractivity contribution in [3.05, 3.63) is 79.0 Å². The van der Waals surface area contributed by atoms with Crippen LogP contribution in [0.25, 0.3) is 28.0 Å². The molecule has 0 fully saturated rings. The molecule has 0 spiro atoms. The van der Waals surface area contributed by atoms with Crippen molar-refractivity contribution in [1.29, 1.82) is 0 Å². The van der Waals surface area contributed by atoms with Gasteiger partial charge in [0, 0.05) is 41.9 Å². The maximum atomic E-state index is 13.5. The van der Waals surface area contributed by atoms with Gasteiger partial charge in [0.1, 0.15) is 28.2 Å². The molecule has 4 heterocycles. The predicted octanol–water partition coefficient (Wildman–Crippen LogP) is 6.12. The zero-order valence-electron chi connectivity index (χ0n) is 24.2. The molecule has 8 nitrogen and oxygen atoms in total. The Balaban J connectivity index is 1.47. The summed E-state index contributed by atoms with van der Waals surface area (Å²) in [5.74, 6) is 0.751. The maximum Gasteiger partial charge on any atom is 0.347 e. The van der Waals surface area contributed by atoms with Crippen LogP contribution >= 0.6 is 0 Å². The number of ether oxygens (including phenoxy) is 2. The summed E-state index contributed by atoms with van der Waals surface area (Å²) in [4.78, 5) is 41.9. The first kappa shape index (κ1) is 26.9. The van der Waals surface area contributed by atoms with Gasteiger partial charge in [0.25, 0.3) is 0 Å². The van der Waals surface area contributed by atoms with E-state index in [0.717, 1.165) is 36.9 Å². The van der Waals surface area contributed by atoms with Crippen molar-refractivity contribution < 1.29 is 23.1 Å². The number of anilines is 1. The third-order valence-electron chi connectivity index (χ3n) is 8.75. The Morgan fingerprint density at radius 1 is 1.02 bits per heavy atom. The van der Waals surface area contributed by atoms with E-state index in [1.807, 2.05) is 0 Å². The van der Waals surface area contributed by atoms with Crippen LogP contribution in [0.5, 0.6) is 11.5 Å². The van der Waals surface area contributed by atoms with Gasteiger partial charge in [0.05, 0.1) is 25.2 Å². The van der Waals surface area contributed by atoms with Crippen molar-refractivity contribution in [3.63, 3.8) is 0 Å². The van der Waals surface area contributed by atoms with Crippen molar-refractivity contribution >= 4 is 39.5 Å². The van der Waals surface area contributed by atoms with E-state index in [4.69, 9.17) is 18.3 Å². The number of rotatable bonds is 5. The highest BCUT2D eigenvalue weighted by atomic mass is 16.5. The molecule has 0 amide bonds. The summed E-state index contributed by atoms with van der Waals surface area (Å²) in [5, 5.41) is 1.33. The van der Waals surface area contributed by atoms with Crippen LogP contribution in [0.4, 0.5) is 5.69 Å². The largest absolute Gasteiger partial charge is 0.496 e. The lowest BCUT2D eigenvalue weighted by molar-refractivity contribution is 0.104. The van der Waals surface area contributed by atoms with Gasteiger partial charge in [0.2, 0.25) is 0 Å². The van der Waals surface area contributed by atoms with E-state index in [0.29, 0.717) is 39.5 Å². The van der Waals surface area contributed by atoms with Crippen molar-refractivity contribution in [2.75, 3.05) is 32.2 Å². The normalized spacial score (nSPS) is 17.7. The minimum absolute atomic E-state index is 0.0395. The highest BCUT2D eigenvalue weighted by molar-refractivity contribution is 6.10. The number of hydrogen-bond donors (Lipinski definition) is 0. The van der Waals surface area contributed by atoms with Gasteiger partial charge in [-0.25, -0.2) is 9.59 Å². The molecule has 0 saturated carbocycles. The zero-order valence-corrected chi connectivity index (χ0v) is 24.2. The Bertz CT molecular complexity index is 1890. The first-order valence-corrected chi connectivity index (χ1v) is 13.9. The number of carbonyl (C=O) groups excluding carboxylic acids is 1. The van der Waals surface area contributed by atoms with Crippen LogP contribution in [-0.2, 0) is 5.41 Å². The van der Waals surface area contributed by atoms with Gasteiger partial charge < -0.3 is 23.2 Å². The number of fused-ring (bicyclic) bond motifs is 3. The molecule has 2 aliphatic rings. The standard InChI is InChI=1S/C33H33NO7/c1-17-9-11-34-12-10-33(3,4)28-29(34)21(17)16-22-18(2)27(32(37)41-30(22)28)24(35)8-7-19-13-23-25(39-6)14-20(38-5)15-26(23)40-31(19)36/h7-8,13-17H,9-12H2,1-6H3/b8-7+. The summed E-state index contributed by atoms with van der Waals surface area (Å²) >= 11 is 0. The van der Waals surface area contributed by atoms with Crippen molar-refractivity contribution in [3.8, 4) is 11.5 Å². The second-order valence-electron chi connectivity index (χ2n) is 11.7. The number of carbonyl (C=O) groups is 1. The SMILES string of the molecule is COc1cc(OC)c2cc(/C=C/C(=O)c3c(C)c4cc5c6c(c4oc3=O)C(C)(C)CCN6CCC5C)c(=O)oc2c1.